The van der Waals surface area contributed by atoms with Gasteiger partial charge in [0.05, 0.1) is 63.8 Å². The first-order valence-corrected chi connectivity index (χ1v) is 17.4. The fraction of sp³-hybridized carbons (Fsp3) is 0.342. The number of benzene rings is 3. The Morgan fingerprint density at radius 3 is 2.40 bits per heavy atom. The molecule has 4 N–H and O–H groups in total. The number of aromatic amines is 1. The van der Waals surface area contributed by atoms with E-state index in [1.54, 1.807) is 30.2 Å². The highest BCUT2D eigenvalue weighted by Gasteiger charge is 2.36. The van der Waals surface area contributed by atoms with Crippen LogP contribution in [0.15, 0.2) is 60.8 Å². The smallest absolute Gasteiger partial charge is 0.274 e. The van der Waals surface area contributed by atoms with Gasteiger partial charge >= 0.3 is 0 Å². The predicted molar refractivity (Wildman–Crippen MR) is 197 cm³/mol. The van der Waals surface area contributed by atoms with Crippen LogP contribution in [0.3, 0.4) is 0 Å². The molecule has 0 radical (unpaired) electrons. The van der Waals surface area contributed by atoms with Crippen molar-refractivity contribution in [2.24, 2.45) is 0 Å². The SMILES string of the molecule is COCCOCCOCCOCCOc1cc(C(=O)Nc2cnc3[nH]c(C(=O)N4C[C@@H](CCl)c5c4cc(O)c4cccc(C)c54)cc3c2)ccc1O. The van der Waals surface area contributed by atoms with Crippen molar-refractivity contribution in [1.82, 2.24) is 9.97 Å². The molecule has 1 atom stereocenters. The minimum absolute atomic E-state index is 0.0965. The number of ether oxygens (including phenoxy) is 5. The molecule has 5 aromatic rings. The molecule has 6 rings (SSSR count). The van der Waals surface area contributed by atoms with E-state index in [1.807, 2.05) is 25.1 Å². The topological polar surface area (TPSA) is 165 Å². The summed E-state index contributed by atoms with van der Waals surface area (Å²) in [4.78, 5) is 36.2. The Kier molecular flexibility index (Phi) is 12.1. The van der Waals surface area contributed by atoms with Gasteiger partial charge in [0.15, 0.2) is 11.5 Å². The molecule has 0 saturated carbocycles. The normalized spacial score (nSPS) is 13.9. The van der Waals surface area contributed by atoms with Crippen molar-refractivity contribution in [3.05, 3.63) is 83.2 Å². The molecule has 3 aromatic carbocycles. The lowest BCUT2D eigenvalue weighted by Gasteiger charge is -2.18. The number of anilines is 2. The zero-order chi connectivity index (χ0) is 36.6. The molecule has 274 valence electrons. The van der Waals surface area contributed by atoms with Gasteiger partial charge in [0, 0.05) is 47.9 Å². The molecule has 0 fully saturated rings. The van der Waals surface area contributed by atoms with Crippen LogP contribution in [0.25, 0.3) is 21.8 Å². The van der Waals surface area contributed by atoms with Gasteiger partial charge in [-0.25, -0.2) is 4.98 Å². The Hall–Kier alpha value is -4.92. The quantitative estimate of drug-likeness (QED) is 0.0684. The molecule has 1 aliphatic rings. The summed E-state index contributed by atoms with van der Waals surface area (Å²) in [5, 5.41) is 26.2. The zero-order valence-corrected chi connectivity index (χ0v) is 29.7. The summed E-state index contributed by atoms with van der Waals surface area (Å²) >= 11 is 6.41. The van der Waals surface area contributed by atoms with E-state index >= 15 is 0 Å². The highest BCUT2D eigenvalue weighted by molar-refractivity contribution is 6.19. The van der Waals surface area contributed by atoms with Gasteiger partial charge in [0.2, 0.25) is 0 Å². The van der Waals surface area contributed by atoms with Crippen molar-refractivity contribution < 1.29 is 43.5 Å². The molecule has 0 bridgehead atoms. The van der Waals surface area contributed by atoms with Crippen LogP contribution < -0.4 is 15.0 Å². The fourth-order valence-corrected chi connectivity index (χ4v) is 6.48. The second-order valence-corrected chi connectivity index (χ2v) is 12.6. The lowest BCUT2D eigenvalue weighted by atomic mass is 9.92. The van der Waals surface area contributed by atoms with E-state index in [1.165, 1.54) is 24.4 Å². The number of rotatable bonds is 17. The summed E-state index contributed by atoms with van der Waals surface area (Å²) in [7, 11) is 1.62. The lowest BCUT2D eigenvalue weighted by Crippen LogP contribution is -2.30. The number of carbonyl (C=O) groups is 2. The Morgan fingerprint density at radius 1 is 0.942 bits per heavy atom. The molecule has 2 aromatic heterocycles. The standard InChI is InChI=1S/C38H41ClN4O9/c1-23-4-3-5-28-32(45)19-30-35(34(23)28)26(20-39)22-43(30)38(47)29-17-25-16-27(21-40-36(25)42-29)41-37(46)24-6-7-31(44)33(18-24)52-15-14-51-13-12-50-11-10-49-9-8-48-2/h3-7,16-19,21,26,44-45H,8-15,20,22H2,1-2H3,(H,40,42)(H,41,46)/t26-/m1/s1. The largest absolute Gasteiger partial charge is 0.507 e. The van der Waals surface area contributed by atoms with Gasteiger partial charge in [-0.2, -0.15) is 0 Å². The first-order valence-electron chi connectivity index (χ1n) is 16.9. The number of phenolic OH excluding ortho intramolecular Hbond substituents is 2. The highest BCUT2D eigenvalue weighted by Crippen LogP contribution is 2.46. The van der Waals surface area contributed by atoms with E-state index in [2.05, 4.69) is 15.3 Å². The van der Waals surface area contributed by atoms with Crippen molar-refractivity contribution in [2.45, 2.75) is 12.8 Å². The lowest BCUT2D eigenvalue weighted by molar-refractivity contribution is 0.0000838. The minimum Gasteiger partial charge on any atom is -0.507 e. The van der Waals surface area contributed by atoms with Crippen molar-refractivity contribution >= 4 is 56.6 Å². The van der Waals surface area contributed by atoms with E-state index in [-0.39, 0.29) is 47.9 Å². The predicted octanol–water partition coefficient (Wildman–Crippen LogP) is 5.75. The van der Waals surface area contributed by atoms with Gasteiger partial charge in [-0.05, 0) is 53.8 Å². The Bertz CT molecular complexity index is 2050. The molecule has 0 spiro atoms. The number of nitrogens with one attached hydrogen (secondary N) is 2. The molecule has 3 heterocycles. The van der Waals surface area contributed by atoms with Gasteiger partial charge in [0.25, 0.3) is 11.8 Å². The van der Waals surface area contributed by atoms with Crippen molar-refractivity contribution in [3.63, 3.8) is 0 Å². The Labute approximate surface area is 305 Å². The number of pyridine rings is 1. The molecule has 14 heteroatoms. The van der Waals surface area contributed by atoms with Gasteiger partial charge in [-0.15, -0.1) is 11.6 Å². The van der Waals surface area contributed by atoms with Crippen LogP contribution >= 0.6 is 11.6 Å². The van der Waals surface area contributed by atoms with E-state index < -0.39 is 5.91 Å². The van der Waals surface area contributed by atoms with Gasteiger partial charge in [0.1, 0.15) is 23.7 Å². The zero-order valence-electron chi connectivity index (χ0n) is 28.9. The molecular formula is C38H41ClN4O9. The summed E-state index contributed by atoms with van der Waals surface area (Å²) in [6.45, 7) is 5.52. The maximum absolute atomic E-state index is 13.9. The number of aromatic hydroxyl groups is 2. The average Bonchev–Trinajstić information content (AvgIpc) is 3.74. The Morgan fingerprint density at radius 2 is 1.67 bits per heavy atom. The molecule has 0 unspecified atom stereocenters. The van der Waals surface area contributed by atoms with Gasteiger partial charge in [-0.1, -0.05) is 18.2 Å². The second-order valence-electron chi connectivity index (χ2n) is 12.3. The summed E-state index contributed by atoms with van der Waals surface area (Å²) in [6, 6.07) is 15.1. The number of aryl methyl sites for hydroxylation is 1. The number of amides is 2. The van der Waals surface area contributed by atoms with E-state index in [9.17, 15) is 19.8 Å². The molecule has 13 nitrogen and oxygen atoms in total. The van der Waals surface area contributed by atoms with Crippen LogP contribution in [0, 0.1) is 6.92 Å². The third-order valence-corrected chi connectivity index (χ3v) is 9.11. The molecule has 52 heavy (non-hydrogen) atoms. The van der Waals surface area contributed by atoms with Crippen LogP contribution in [0.1, 0.15) is 37.9 Å². The third-order valence-electron chi connectivity index (χ3n) is 8.74. The first-order chi connectivity index (χ1) is 25.3. The molecular weight excluding hydrogens is 692 g/mol. The van der Waals surface area contributed by atoms with Crippen molar-refractivity contribution in [1.29, 1.82) is 0 Å². The van der Waals surface area contributed by atoms with E-state index in [0.29, 0.717) is 80.2 Å². The third kappa shape index (κ3) is 8.24. The van der Waals surface area contributed by atoms with Crippen molar-refractivity contribution in [2.75, 3.05) is 82.6 Å². The fourth-order valence-electron chi connectivity index (χ4n) is 6.23. The number of halogens is 1. The van der Waals surface area contributed by atoms with Crippen LogP contribution in [0.5, 0.6) is 17.2 Å². The first kappa shape index (κ1) is 36.9. The number of methoxy groups -OCH3 is 1. The van der Waals surface area contributed by atoms with Crippen LogP contribution in [0.2, 0.25) is 0 Å². The second kappa shape index (κ2) is 17.1. The summed E-state index contributed by atoms with van der Waals surface area (Å²) < 4.78 is 26.8. The maximum atomic E-state index is 13.9. The molecule has 1 aliphatic heterocycles. The number of carbonyl (C=O) groups excluding carboxylic acids is 2. The summed E-state index contributed by atoms with van der Waals surface area (Å²) in [6.07, 6.45) is 1.49. The minimum atomic E-state index is -0.444. The van der Waals surface area contributed by atoms with Gasteiger partial charge < -0.3 is 49.1 Å². The van der Waals surface area contributed by atoms with E-state index in [0.717, 1.165) is 21.9 Å². The van der Waals surface area contributed by atoms with Crippen LogP contribution in [-0.4, -0.2) is 104 Å². The van der Waals surface area contributed by atoms with Crippen LogP contribution in [0.4, 0.5) is 11.4 Å². The number of fused-ring (bicyclic) bond motifs is 4. The van der Waals surface area contributed by atoms with Gasteiger partial charge in [-0.3, -0.25) is 9.59 Å². The monoisotopic (exact) mass is 732 g/mol. The van der Waals surface area contributed by atoms with E-state index in [4.69, 9.17) is 35.3 Å². The number of H-pyrrole nitrogens is 1. The summed E-state index contributed by atoms with van der Waals surface area (Å²) in [5.74, 6) is -0.410. The summed E-state index contributed by atoms with van der Waals surface area (Å²) in [5.41, 5.74) is 4.00. The number of nitrogens with zero attached hydrogens (tertiary/aromatic N) is 2. The highest BCUT2D eigenvalue weighted by atomic mass is 35.5. The van der Waals surface area contributed by atoms with Crippen LogP contribution in [-0.2, 0) is 18.9 Å². The maximum Gasteiger partial charge on any atom is 0.274 e. The Balaban J connectivity index is 1.06. The number of phenols is 2. The average molecular weight is 733 g/mol. The molecule has 0 aliphatic carbocycles. The number of hydrogen-bond donors (Lipinski definition) is 4. The molecule has 2 amide bonds. The number of aromatic nitrogens is 2. The number of hydrogen-bond acceptors (Lipinski definition) is 10. The molecule has 0 saturated heterocycles. The van der Waals surface area contributed by atoms with Crippen molar-refractivity contribution in [3.8, 4) is 17.2 Å². The number of alkyl halides is 1.